The van der Waals surface area contributed by atoms with Gasteiger partial charge in [0, 0.05) is 17.8 Å². The highest BCUT2D eigenvalue weighted by Gasteiger charge is 2.13. The number of halogens is 3. The average Bonchev–Trinajstić information content (AvgIpc) is 2.34. The van der Waals surface area contributed by atoms with Crippen molar-refractivity contribution in [3.05, 3.63) is 47.0 Å². The third kappa shape index (κ3) is 2.33. The van der Waals surface area contributed by atoms with E-state index in [4.69, 9.17) is 5.73 Å². The number of nitrogens with two attached hydrogens (primary N) is 1. The number of rotatable bonds is 2. The monoisotopic (exact) mass is 253 g/mol. The number of nitrogens with zero attached hydrogens (tertiary/aromatic N) is 2. The minimum Gasteiger partial charge on any atom is -0.325 e. The van der Waals surface area contributed by atoms with Crippen molar-refractivity contribution in [1.82, 2.24) is 9.97 Å². The van der Waals surface area contributed by atoms with Gasteiger partial charge in [-0.25, -0.2) is 23.1 Å². The molecular formula is C12H10F3N3. The van der Waals surface area contributed by atoms with Crippen molar-refractivity contribution >= 4 is 0 Å². The first kappa shape index (κ1) is 12.5. The highest BCUT2D eigenvalue weighted by atomic mass is 19.2. The van der Waals surface area contributed by atoms with Gasteiger partial charge in [0.25, 0.3) is 0 Å². The Kier molecular flexibility index (Phi) is 3.29. The predicted octanol–water partition coefficient (Wildman–Crippen LogP) is 2.33. The zero-order valence-electron chi connectivity index (χ0n) is 9.54. The Morgan fingerprint density at radius 1 is 1.06 bits per heavy atom. The van der Waals surface area contributed by atoms with Crippen LogP contribution >= 0.6 is 0 Å². The summed E-state index contributed by atoms with van der Waals surface area (Å²) >= 11 is 0. The molecule has 0 fully saturated rings. The minimum atomic E-state index is -1.51. The maximum atomic E-state index is 13.1. The fourth-order valence-electron chi connectivity index (χ4n) is 1.55. The molecule has 1 aromatic carbocycles. The van der Waals surface area contributed by atoms with Gasteiger partial charge in [-0.3, -0.25) is 0 Å². The van der Waals surface area contributed by atoms with E-state index in [0.29, 0.717) is 11.4 Å². The van der Waals surface area contributed by atoms with Crippen LogP contribution in [0.25, 0.3) is 11.4 Å². The summed E-state index contributed by atoms with van der Waals surface area (Å²) in [4.78, 5) is 8.08. The van der Waals surface area contributed by atoms with E-state index in [0.717, 1.165) is 12.1 Å². The molecule has 0 atom stereocenters. The summed E-state index contributed by atoms with van der Waals surface area (Å²) in [6.45, 7) is 1.89. The first-order chi connectivity index (χ1) is 8.51. The summed E-state index contributed by atoms with van der Waals surface area (Å²) in [5, 5.41) is 0. The van der Waals surface area contributed by atoms with Crippen LogP contribution in [0.15, 0.2) is 18.2 Å². The molecule has 0 aliphatic heterocycles. The van der Waals surface area contributed by atoms with Gasteiger partial charge < -0.3 is 5.73 Å². The highest BCUT2D eigenvalue weighted by Crippen LogP contribution is 2.21. The van der Waals surface area contributed by atoms with Crippen LogP contribution < -0.4 is 5.73 Å². The summed E-state index contributed by atoms with van der Waals surface area (Å²) in [6.07, 6.45) is 0. The second kappa shape index (κ2) is 4.73. The topological polar surface area (TPSA) is 51.8 Å². The van der Waals surface area contributed by atoms with Gasteiger partial charge in [0.1, 0.15) is 0 Å². The Morgan fingerprint density at radius 2 is 1.67 bits per heavy atom. The van der Waals surface area contributed by atoms with Crippen LogP contribution in [0, 0.1) is 24.4 Å². The van der Waals surface area contributed by atoms with E-state index >= 15 is 0 Å². The number of aromatic nitrogens is 2. The van der Waals surface area contributed by atoms with Crippen LogP contribution in [0.1, 0.15) is 11.4 Å². The minimum absolute atomic E-state index is 0.0739. The summed E-state index contributed by atoms with van der Waals surface area (Å²) in [7, 11) is 0. The molecule has 0 bridgehead atoms. The molecule has 2 aromatic rings. The third-order valence-electron chi connectivity index (χ3n) is 2.36. The summed E-state index contributed by atoms with van der Waals surface area (Å²) in [5.74, 6) is -3.94. The van der Waals surface area contributed by atoms with Crippen molar-refractivity contribution in [2.75, 3.05) is 0 Å². The number of hydrogen-bond donors (Lipinski definition) is 1. The normalized spacial score (nSPS) is 10.7. The van der Waals surface area contributed by atoms with Gasteiger partial charge in [-0.15, -0.1) is 0 Å². The fraction of sp³-hybridized carbons (Fsp3) is 0.167. The van der Waals surface area contributed by atoms with Gasteiger partial charge in [-0.05, 0) is 25.1 Å². The van der Waals surface area contributed by atoms with Crippen molar-refractivity contribution in [2.24, 2.45) is 5.73 Å². The molecule has 0 radical (unpaired) electrons. The van der Waals surface area contributed by atoms with Crippen LogP contribution in [-0.2, 0) is 6.54 Å². The lowest BCUT2D eigenvalue weighted by Gasteiger charge is -2.05. The van der Waals surface area contributed by atoms with Gasteiger partial charge in [0.2, 0.25) is 0 Å². The van der Waals surface area contributed by atoms with E-state index in [-0.39, 0.29) is 17.9 Å². The average molecular weight is 253 g/mol. The molecule has 0 aliphatic rings. The number of benzene rings is 1. The van der Waals surface area contributed by atoms with Crippen molar-refractivity contribution in [2.45, 2.75) is 13.5 Å². The first-order valence-corrected chi connectivity index (χ1v) is 5.21. The van der Waals surface area contributed by atoms with E-state index < -0.39 is 17.5 Å². The molecule has 2 N–H and O–H groups in total. The maximum absolute atomic E-state index is 13.1. The second-order valence-corrected chi connectivity index (χ2v) is 3.78. The largest absolute Gasteiger partial charge is 0.325 e. The smallest absolute Gasteiger partial charge is 0.194 e. The van der Waals surface area contributed by atoms with Gasteiger partial charge in [-0.2, -0.15) is 0 Å². The quantitative estimate of drug-likeness (QED) is 0.836. The lowest BCUT2D eigenvalue weighted by molar-refractivity contribution is 0.447. The van der Waals surface area contributed by atoms with Crippen LogP contribution in [-0.4, -0.2) is 9.97 Å². The maximum Gasteiger partial charge on any atom is 0.194 e. The molecule has 2 rings (SSSR count). The molecular weight excluding hydrogens is 243 g/mol. The van der Waals surface area contributed by atoms with Gasteiger partial charge >= 0.3 is 0 Å². The fourth-order valence-corrected chi connectivity index (χ4v) is 1.55. The molecule has 18 heavy (non-hydrogen) atoms. The zero-order valence-corrected chi connectivity index (χ0v) is 9.54. The summed E-state index contributed by atoms with van der Waals surface area (Å²) in [6, 6.07) is 3.38. The van der Waals surface area contributed by atoms with E-state index in [1.165, 1.54) is 0 Å². The standard InChI is InChI=1S/C12H10F3N3/c1-6-2-8(5-16)18-12(17-6)7-3-9(13)11(15)10(14)4-7/h2-4H,5,16H2,1H3. The molecule has 1 aromatic heterocycles. The van der Waals surface area contributed by atoms with Crippen molar-refractivity contribution in [3.8, 4) is 11.4 Å². The molecule has 1 heterocycles. The van der Waals surface area contributed by atoms with Gasteiger partial charge in [0.05, 0.1) is 5.69 Å². The Balaban J connectivity index is 2.58. The molecule has 3 nitrogen and oxygen atoms in total. The van der Waals surface area contributed by atoms with Crippen LogP contribution in [0.3, 0.4) is 0 Å². The Bertz CT molecular complexity index is 576. The molecule has 0 unspecified atom stereocenters. The third-order valence-corrected chi connectivity index (χ3v) is 2.36. The molecule has 6 heteroatoms. The molecule has 0 saturated carbocycles. The van der Waals surface area contributed by atoms with Crippen LogP contribution in [0.5, 0.6) is 0 Å². The first-order valence-electron chi connectivity index (χ1n) is 5.21. The molecule has 0 saturated heterocycles. The molecule has 94 valence electrons. The Morgan fingerprint density at radius 3 is 2.22 bits per heavy atom. The van der Waals surface area contributed by atoms with Crippen LogP contribution in [0.2, 0.25) is 0 Å². The molecule has 0 spiro atoms. The highest BCUT2D eigenvalue weighted by molar-refractivity contribution is 5.55. The van der Waals surface area contributed by atoms with Gasteiger partial charge in [0.15, 0.2) is 23.3 Å². The number of aryl methyl sites for hydroxylation is 1. The lowest BCUT2D eigenvalue weighted by atomic mass is 10.2. The summed E-state index contributed by atoms with van der Waals surface area (Å²) in [5.41, 5.74) is 6.69. The van der Waals surface area contributed by atoms with Crippen molar-refractivity contribution in [3.63, 3.8) is 0 Å². The predicted molar refractivity (Wildman–Crippen MR) is 60.0 cm³/mol. The molecule has 0 aliphatic carbocycles. The Hall–Kier alpha value is -1.95. The van der Waals surface area contributed by atoms with Crippen LogP contribution in [0.4, 0.5) is 13.2 Å². The lowest BCUT2D eigenvalue weighted by Crippen LogP contribution is -2.04. The van der Waals surface area contributed by atoms with E-state index in [1.54, 1.807) is 13.0 Å². The van der Waals surface area contributed by atoms with E-state index in [9.17, 15) is 13.2 Å². The second-order valence-electron chi connectivity index (χ2n) is 3.78. The van der Waals surface area contributed by atoms with Crippen molar-refractivity contribution < 1.29 is 13.2 Å². The zero-order chi connectivity index (χ0) is 13.3. The molecule has 0 amide bonds. The van der Waals surface area contributed by atoms with E-state index in [1.807, 2.05) is 0 Å². The van der Waals surface area contributed by atoms with E-state index in [2.05, 4.69) is 9.97 Å². The Labute approximate surface area is 101 Å². The number of hydrogen-bond acceptors (Lipinski definition) is 3. The van der Waals surface area contributed by atoms with Crippen molar-refractivity contribution in [1.29, 1.82) is 0 Å². The summed E-state index contributed by atoms with van der Waals surface area (Å²) < 4.78 is 39.1. The SMILES string of the molecule is Cc1cc(CN)nc(-c2cc(F)c(F)c(F)c2)n1. The van der Waals surface area contributed by atoms with Gasteiger partial charge in [-0.1, -0.05) is 0 Å².